The lowest BCUT2D eigenvalue weighted by atomic mass is 9.80. The van der Waals surface area contributed by atoms with Crippen molar-refractivity contribution in [1.29, 1.82) is 0 Å². The van der Waals surface area contributed by atoms with E-state index in [2.05, 4.69) is 86.0 Å². The van der Waals surface area contributed by atoms with E-state index in [9.17, 15) is 0 Å². The molecule has 1 aliphatic rings. The first kappa shape index (κ1) is 24.6. The summed E-state index contributed by atoms with van der Waals surface area (Å²) in [4.78, 5) is 5.05. The second-order valence-corrected chi connectivity index (χ2v) is 11.5. The van der Waals surface area contributed by atoms with Gasteiger partial charge in [0.2, 0.25) is 0 Å². The molecule has 0 unspecified atom stereocenters. The van der Waals surface area contributed by atoms with Gasteiger partial charge in [-0.1, -0.05) is 88.6 Å². The Bertz CT molecular complexity index is 1380. The molecule has 0 spiro atoms. The van der Waals surface area contributed by atoms with E-state index in [0.717, 1.165) is 16.8 Å². The van der Waals surface area contributed by atoms with E-state index in [1.54, 1.807) is 5.01 Å². The van der Waals surface area contributed by atoms with Crippen LogP contribution in [0.3, 0.4) is 0 Å². The maximum Gasteiger partial charge on any atom is 0.0960 e. The average Bonchev–Trinajstić information content (AvgIpc) is 3.18. The minimum Gasteiger partial charge on any atom is -0.331 e. The first-order valence-corrected chi connectivity index (χ1v) is 13.4. The van der Waals surface area contributed by atoms with E-state index in [-0.39, 0.29) is 11.5 Å². The van der Waals surface area contributed by atoms with E-state index in [1.165, 1.54) is 59.7 Å². The smallest absolute Gasteiger partial charge is 0.0960 e. The Balaban J connectivity index is 1.86. The molecule has 2 aromatic carbocycles. The molecule has 36 heavy (non-hydrogen) atoms. The van der Waals surface area contributed by atoms with Crippen LogP contribution in [-0.4, -0.2) is 21.6 Å². The highest BCUT2D eigenvalue weighted by Gasteiger charge is 2.30. The molecule has 0 aliphatic heterocycles. The van der Waals surface area contributed by atoms with Crippen LogP contribution in [0.1, 0.15) is 82.5 Å². The lowest BCUT2D eigenvalue weighted by Crippen LogP contribution is -2.24. The van der Waals surface area contributed by atoms with Crippen LogP contribution in [-0.2, 0) is 5.41 Å². The maximum atomic E-state index is 6.20. The summed E-state index contributed by atoms with van der Waals surface area (Å²) in [5.41, 5.74) is 8.38. The van der Waals surface area contributed by atoms with Gasteiger partial charge in [-0.2, -0.15) is 0 Å². The van der Waals surface area contributed by atoms with Crippen molar-refractivity contribution in [3.8, 4) is 0 Å². The van der Waals surface area contributed by atoms with Crippen LogP contribution >= 0.6 is 0 Å². The van der Waals surface area contributed by atoms with Gasteiger partial charge in [-0.25, -0.2) is 5.84 Å². The summed E-state index contributed by atoms with van der Waals surface area (Å²) < 4.78 is 2.62. The standard InChI is InChI=1S/C32H40N4/c1-6-27(35(5)33)24-19-29-30(34-21-24)26-18-17-25(32(2,3)4)20-28(26)36(29)31(22-13-9-7-10-14-22)23-15-11-8-12-16-23/h6-7,9-10,13-14,17-21,23,31H,8,11-12,15-16,33H2,1-5H3/t31-/m1/s1. The van der Waals surface area contributed by atoms with Crippen LogP contribution in [0.15, 0.2) is 66.9 Å². The fourth-order valence-corrected chi connectivity index (χ4v) is 6.12. The van der Waals surface area contributed by atoms with Gasteiger partial charge in [0.15, 0.2) is 0 Å². The number of nitrogens with zero attached hydrogens (tertiary/aromatic N) is 3. The van der Waals surface area contributed by atoms with Crippen molar-refractivity contribution in [2.24, 2.45) is 11.8 Å². The Labute approximate surface area is 215 Å². The van der Waals surface area contributed by atoms with E-state index in [4.69, 9.17) is 10.8 Å². The number of fused-ring (bicyclic) bond motifs is 3. The molecule has 5 rings (SSSR count). The third-order valence-corrected chi connectivity index (χ3v) is 7.97. The number of benzene rings is 2. The normalized spacial score (nSPS) is 16.6. The molecule has 1 atom stereocenters. The zero-order valence-electron chi connectivity index (χ0n) is 22.5. The lowest BCUT2D eigenvalue weighted by molar-refractivity contribution is 0.287. The molecule has 0 amide bonds. The zero-order chi connectivity index (χ0) is 25.4. The van der Waals surface area contributed by atoms with Gasteiger partial charge in [0.05, 0.1) is 28.3 Å². The Morgan fingerprint density at radius 2 is 1.75 bits per heavy atom. The number of rotatable bonds is 5. The summed E-state index contributed by atoms with van der Waals surface area (Å²) >= 11 is 0. The molecule has 4 nitrogen and oxygen atoms in total. The summed E-state index contributed by atoms with van der Waals surface area (Å²) in [5.74, 6) is 6.80. The molecule has 0 radical (unpaired) electrons. The zero-order valence-corrected chi connectivity index (χ0v) is 22.5. The van der Waals surface area contributed by atoms with Gasteiger partial charge >= 0.3 is 0 Å². The fourth-order valence-electron chi connectivity index (χ4n) is 6.12. The highest BCUT2D eigenvalue weighted by molar-refractivity contribution is 6.06. The molecule has 1 aliphatic carbocycles. The van der Waals surface area contributed by atoms with Gasteiger partial charge < -0.3 is 9.58 Å². The van der Waals surface area contributed by atoms with Crippen LogP contribution in [0.5, 0.6) is 0 Å². The summed E-state index contributed by atoms with van der Waals surface area (Å²) in [6.07, 6.45) is 10.5. The van der Waals surface area contributed by atoms with Crippen LogP contribution in [0.25, 0.3) is 27.6 Å². The van der Waals surface area contributed by atoms with Gasteiger partial charge in [-0.15, -0.1) is 0 Å². The Morgan fingerprint density at radius 3 is 2.39 bits per heavy atom. The minimum atomic E-state index is 0.0710. The van der Waals surface area contributed by atoms with E-state index >= 15 is 0 Å². The van der Waals surface area contributed by atoms with Crippen molar-refractivity contribution in [2.75, 3.05) is 7.05 Å². The third kappa shape index (κ3) is 4.43. The molecule has 2 aromatic heterocycles. The number of pyridine rings is 1. The van der Waals surface area contributed by atoms with Crippen LogP contribution in [0, 0.1) is 5.92 Å². The maximum absolute atomic E-state index is 6.20. The number of hydrogen-bond donors (Lipinski definition) is 1. The SMILES string of the molecule is CC=C(c1cnc2c3ccc(C(C)(C)C)cc3n([C@H](c3ccccc3)C3CCCCC3)c2c1)N(C)N. The van der Waals surface area contributed by atoms with Crippen LogP contribution in [0.2, 0.25) is 0 Å². The first-order chi connectivity index (χ1) is 17.3. The largest absolute Gasteiger partial charge is 0.331 e. The van der Waals surface area contributed by atoms with E-state index in [1.807, 2.05) is 20.2 Å². The number of allylic oxidation sites excluding steroid dienone is 1. The van der Waals surface area contributed by atoms with Crippen LogP contribution in [0.4, 0.5) is 0 Å². The fraction of sp³-hybridized carbons (Fsp3) is 0.406. The van der Waals surface area contributed by atoms with Crippen molar-refractivity contribution < 1.29 is 0 Å². The predicted molar refractivity (Wildman–Crippen MR) is 153 cm³/mol. The van der Waals surface area contributed by atoms with Gasteiger partial charge in [0.1, 0.15) is 0 Å². The monoisotopic (exact) mass is 480 g/mol. The Morgan fingerprint density at radius 1 is 1.03 bits per heavy atom. The number of hydrazine groups is 1. The second-order valence-electron chi connectivity index (χ2n) is 11.5. The average molecular weight is 481 g/mol. The summed E-state index contributed by atoms with van der Waals surface area (Å²) in [6, 6.07) is 20.7. The van der Waals surface area contributed by atoms with Gasteiger partial charge in [0.25, 0.3) is 0 Å². The summed E-state index contributed by atoms with van der Waals surface area (Å²) in [7, 11) is 1.89. The molecule has 4 aromatic rings. The van der Waals surface area contributed by atoms with Crippen molar-refractivity contribution in [3.05, 3.63) is 83.6 Å². The van der Waals surface area contributed by atoms with Gasteiger partial charge in [0, 0.05) is 24.2 Å². The molecule has 1 fully saturated rings. The van der Waals surface area contributed by atoms with Crippen molar-refractivity contribution in [2.45, 2.75) is 71.3 Å². The third-order valence-electron chi connectivity index (χ3n) is 7.97. The highest BCUT2D eigenvalue weighted by Crippen LogP contribution is 2.43. The molecule has 188 valence electrons. The number of nitrogens with two attached hydrogens (primary N) is 1. The number of hydrogen-bond acceptors (Lipinski definition) is 3. The quantitative estimate of drug-likeness (QED) is 0.234. The molecule has 0 saturated heterocycles. The lowest BCUT2D eigenvalue weighted by Gasteiger charge is -2.33. The Kier molecular flexibility index (Phi) is 6.65. The molecular weight excluding hydrogens is 440 g/mol. The van der Waals surface area contributed by atoms with Gasteiger partial charge in [-0.05, 0) is 54.4 Å². The number of aromatic nitrogens is 2. The van der Waals surface area contributed by atoms with E-state index < -0.39 is 0 Å². The van der Waals surface area contributed by atoms with Crippen molar-refractivity contribution in [3.63, 3.8) is 0 Å². The minimum absolute atomic E-state index is 0.0710. The second kappa shape index (κ2) is 9.74. The van der Waals surface area contributed by atoms with Crippen molar-refractivity contribution >= 4 is 27.6 Å². The molecule has 2 heterocycles. The molecule has 4 heteroatoms. The van der Waals surface area contributed by atoms with E-state index in [0.29, 0.717) is 5.92 Å². The molecule has 0 bridgehead atoms. The summed E-state index contributed by atoms with van der Waals surface area (Å²) in [5, 5.41) is 2.91. The van der Waals surface area contributed by atoms with Crippen molar-refractivity contribution in [1.82, 2.24) is 14.6 Å². The first-order valence-electron chi connectivity index (χ1n) is 13.4. The highest BCUT2D eigenvalue weighted by atomic mass is 15.4. The summed E-state index contributed by atoms with van der Waals surface area (Å²) in [6.45, 7) is 8.91. The topological polar surface area (TPSA) is 47.1 Å². The molecular formula is C32H40N4. The van der Waals surface area contributed by atoms with Crippen LogP contribution < -0.4 is 5.84 Å². The molecule has 1 saturated carbocycles. The van der Waals surface area contributed by atoms with Gasteiger partial charge in [-0.3, -0.25) is 4.98 Å². The predicted octanol–water partition coefficient (Wildman–Crippen LogP) is 7.82. The molecule has 2 N–H and O–H groups in total. The Hall–Kier alpha value is -3.11.